The zero-order valence-electron chi connectivity index (χ0n) is 9.29. The molecular weight excluding hydrogens is 246 g/mol. The first-order valence-corrected chi connectivity index (χ1v) is 6.96. The van der Waals surface area contributed by atoms with Gasteiger partial charge < -0.3 is 5.32 Å². The molecule has 1 rings (SSSR count). The van der Waals surface area contributed by atoms with Gasteiger partial charge in [0.05, 0.1) is 10.7 Å². The lowest BCUT2D eigenvalue weighted by molar-refractivity contribution is -0.385. The van der Waals surface area contributed by atoms with Crippen molar-refractivity contribution in [1.29, 1.82) is 0 Å². The summed E-state index contributed by atoms with van der Waals surface area (Å²) in [5, 5.41) is 13.2. The predicted octanol–water partition coefficient (Wildman–Crippen LogP) is 0.836. The smallest absolute Gasteiger partial charge is 0.287 e. The largest absolute Gasteiger partial charge is 0.370 e. The number of hydrogen-bond acceptors (Lipinski definition) is 6. The van der Waals surface area contributed by atoms with Crippen LogP contribution < -0.4 is 5.32 Å². The molecule has 0 fully saturated rings. The van der Waals surface area contributed by atoms with Gasteiger partial charge >= 0.3 is 0 Å². The van der Waals surface area contributed by atoms with Gasteiger partial charge in [0.15, 0.2) is 0 Å². The van der Waals surface area contributed by atoms with E-state index in [2.05, 4.69) is 10.3 Å². The van der Waals surface area contributed by atoms with Gasteiger partial charge in [-0.1, -0.05) is 0 Å². The molecule has 1 N–H and O–H groups in total. The van der Waals surface area contributed by atoms with Gasteiger partial charge in [0.2, 0.25) is 0 Å². The normalized spacial score (nSPS) is 11.1. The van der Waals surface area contributed by atoms with Crippen molar-refractivity contribution in [2.75, 3.05) is 23.9 Å². The Morgan fingerprint density at radius 2 is 2.18 bits per heavy atom. The molecule has 0 aliphatic carbocycles. The Labute approximate surface area is 98.9 Å². The summed E-state index contributed by atoms with van der Waals surface area (Å²) in [6.45, 7) is 0.456. The van der Waals surface area contributed by atoms with Crippen molar-refractivity contribution in [2.24, 2.45) is 0 Å². The van der Waals surface area contributed by atoms with Crippen LogP contribution in [0.3, 0.4) is 0 Å². The van der Waals surface area contributed by atoms with Crippen molar-refractivity contribution in [3.05, 3.63) is 28.4 Å². The van der Waals surface area contributed by atoms with E-state index in [1.165, 1.54) is 18.4 Å². The zero-order chi connectivity index (χ0) is 12.9. The van der Waals surface area contributed by atoms with Gasteiger partial charge in [-0.25, -0.2) is 13.4 Å². The maximum atomic E-state index is 10.8. The first-order valence-electron chi connectivity index (χ1n) is 4.90. The highest BCUT2D eigenvalue weighted by atomic mass is 32.2. The van der Waals surface area contributed by atoms with Gasteiger partial charge in [-0.15, -0.1) is 0 Å². The Hall–Kier alpha value is -1.70. The number of nitro groups is 1. The molecule has 1 aromatic rings. The fourth-order valence-electron chi connectivity index (χ4n) is 1.15. The fourth-order valence-corrected chi connectivity index (χ4v) is 1.82. The van der Waals surface area contributed by atoms with Crippen LogP contribution in [0.1, 0.15) is 6.42 Å². The molecule has 0 bridgehead atoms. The average Bonchev–Trinajstić information content (AvgIpc) is 2.24. The van der Waals surface area contributed by atoms with Crippen LogP contribution in [-0.4, -0.2) is 36.9 Å². The molecule has 0 saturated heterocycles. The first kappa shape index (κ1) is 13.4. The summed E-state index contributed by atoms with van der Waals surface area (Å²) in [6, 6.07) is 2.82. The third-order valence-electron chi connectivity index (χ3n) is 1.96. The predicted molar refractivity (Wildman–Crippen MR) is 63.7 cm³/mol. The molecule has 17 heavy (non-hydrogen) atoms. The van der Waals surface area contributed by atoms with Gasteiger partial charge in [-0.05, 0) is 12.5 Å². The summed E-state index contributed by atoms with van der Waals surface area (Å²) in [4.78, 5) is 13.7. The summed E-state index contributed by atoms with van der Waals surface area (Å²) < 4.78 is 21.7. The Kier molecular flexibility index (Phi) is 4.38. The lowest BCUT2D eigenvalue weighted by Crippen LogP contribution is -2.10. The summed E-state index contributed by atoms with van der Waals surface area (Å²) in [5.74, 6) is 0.594. The van der Waals surface area contributed by atoms with Crippen LogP contribution in [0.15, 0.2) is 18.3 Å². The molecule has 0 unspecified atom stereocenters. The number of aromatic nitrogens is 1. The number of sulfone groups is 1. The number of rotatable bonds is 6. The molecule has 0 aliphatic heterocycles. The van der Waals surface area contributed by atoms with E-state index < -0.39 is 14.8 Å². The molecule has 94 valence electrons. The van der Waals surface area contributed by atoms with Crippen LogP contribution >= 0.6 is 0 Å². The fraction of sp³-hybridized carbons (Fsp3) is 0.444. The third kappa shape index (κ3) is 5.25. The first-order chi connectivity index (χ1) is 7.88. The third-order valence-corrected chi connectivity index (χ3v) is 2.99. The highest BCUT2D eigenvalue weighted by Crippen LogP contribution is 2.11. The van der Waals surface area contributed by atoms with E-state index in [1.807, 2.05) is 0 Å². The molecule has 0 spiro atoms. The molecule has 7 nitrogen and oxygen atoms in total. The minimum Gasteiger partial charge on any atom is -0.370 e. The van der Waals surface area contributed by atoms with Gasteiger partial charge in [0.1, 0.15) is 21.9 Å². The molecule has 1 aromatic heterocycles. The van der Waals surface area contributed by atoms with Crippen LogP contribution in [0.5, 0.6) is 0 Å². The van der Waals surface area contributed by atoms with Crippen molar-refractivity contribution in [2.45, 2.75) is 6.42 Å². The molecule has 0 aromatic carbocycles. The number of nitrogens with zero attached hydrogens (tertiary/aromatic N) is 2. The van der Waals surface area contributed by atoms with Crippen molar-refractivity contribution >= 4 is 21.3 Å². The van der Waals surface area contributed by atoms with E-state index >= 15 is 0 Å². The average molecular weight is 259 g/mol. The molecule has 0 aliphatic rings. The monoisotopic (exact) mass is 259 g/mol. The Bertz CT molecular complexity index is 483. The number of anilines is 1. The van der Waals surface area contributed by atoms with Crippen molar-refractivity contribution in [3.63, 3.8) is 0 Å². The van der Waals surface area contributed by atoms with Crippen LogP contribution in [0, 0.1) is 10.1 Å². The van der Waals surface area contributed by atoms with Crippen LogP contribution in [-0.2, 0) is 9.84 Å². The Morgan fingerprint density at radius 3 is 2.65 bits per heavy atom. The summed E-state index contributed by atoms with van der Waals surface area (Å²) in [5.41, 5.74) is -0.0771. The van der Waals surface area contributed by atoms with E-state index in [0.717, 1.165) is 6.20 Å². The minimum atomic E-state index is -2.95. The maximum absolute atomic E-state index is 10.8. The maximum Gasteiger partial charge on any atom is 0.287 e. The number of hydrogen-bond donors (Lipinski definition) is 1. The van der Waals surface area contributed by atoms with Crippen LogP contribution in [0.4, 0.5) is 11.5 Å². The van der Waals surface area contributed by atoms with Crippen molar-refractivity contribution in [3.8, 4) is 0 Å². The molecule has 0 radical (unpaired) electrons. The zero-order valence-corrected chi connectivity index (χ0v) is 10.1. The molecule has 8 heteroatoms. The van der Waals surface area contributed by atoms with E-state index in [-0.39, 0.29) is 11.4 Å². The molecule has 0 saturated carbocycles. The minimum absolute atomic E-state index is 0.0771. The van der Waals surface area contributed by atoms with Crippen LogP contribution in [0.2, 0.25) is 0 Å². The second-order valence-corrected chi connectivity index (χ2v) is 5.83. The molecular formula is C9H13N3O4S. The Morgan fingerprint density at radius 1 is 1.47 bits per heavy atom. The highest BCUT2D eigenvalue weighted by Gasteiger charge is 2.05. The molecule has 0 atom stereocenters. The van der Waals surface area contributed by atoms with E-state index in [1.54, 1.807) is 0 Å². The molecule has 0 amide bonds. The lowest BCUT2D eigenvalue weighted by atomic mass is 10.4. The quantitative estimate of drug-likeness (QED) is 0.461. The van der Waals surface area contributed by atoms with Gasteiger partial charge in [-0.2, -0.15) is 0 Å². The highest BCUT2D eigenvalue weighted by molar-refractivity contribution is 7.90. The van der Waals surface area contributed by atoms with Gasteiger partial charge in [-0.3, -0.25) is 10.1 Å². The van der Waals surface area contributed by atoms with Crippen LogP contribution in [0.25, 0.3) is 0 Å². The van der Waals surface area contributed by atoms with Gasteiger partial charge in [0, 0.05) is 18.9 Å². The van der Waals surface area contributed by atoms with E-state index in [0.29, 0.717) is 18.8 Å². The summed E-state index contributed by atoms with van der Waals surface area (Å²) in [6.07, 6.45) is 2.80. The van der Waals surface area contributed by atoms with Crippen molar-refractivity contribution < 1.29 is 13.3 Å². The summed E-state index contributed by atoms with van der Waals surface area (Å²) in [7, 11) is -2.95. The molecule has 1 heterocycles. The summed E-state index contributed by atoms with van der Waals surface area (Å²) >= 11 is 0. The standard InChI is InChI=1S/C9H13N3O4S/c1-17(15,16)6-2-5-10-9-4-3-8(7-11-9)12(13)14/h3-4,7H,2,5-6H2,1H3,(H,10,11). The van der Waals surface area contributed by atoms with E-state index in [9.17, 15) is 18.5 Å². The topological polar surface area (TPSA) is 102 Å². The van der Waals surface area contributed by atoms with E-state index in [4.69, 9.17) is 0 Å². The second-order valence-electron chi connectivity index (χ2n) is 3.57. The number of pyridine rings is 1. The SMILES string of the molecule is CS(=O)(=O)CCCNc1ccc([N+](=O)[O-])cn1. The van der Waals surface area contributed by atoms with Gasteiger partial charge in [0.25, 0.3) is 5.69 Å². The van der Waals surface area contributed by atoms with Crippen molar-refractivity contribution in [1.82, 2.24) is 4.98 Å². The Balaban J connectivity index is 2.40. The number of nitrogens with one attached hydrogen (secondary N) is 1. The second kappa shape index (κ2) is 5.58. The lowest BCUT2D eigenvalue weighted by Gasteiger charge is -2.04.